The van der Waals surface area contributed by atoms with Crippen molar-refractivity contribution in [3.05, 3.63) is 11.7 Å². The minimum Gasteiger partial charge on any atom is -0.481 e. The van der Waals surface area contributed by atoms with E-state index in [0.717, 1.165) is 18.2 Å². The number of hydrogen-bond donors (Lipinski definition) is 2. The Morgan fingerprint density at radius 1 is 1.44 bits per heavy atom. The van der Waals surface area contributed by atoms with Crippen LogP contribution in [0.3, 0.4) is 0 Å². The van der Waals surface area contributed by atoms with Crippen molar-refractivity contribution >= 4 is 23.7 Å². The Labute approximate surface area is 108 Å². The standard InChI is InChI=1S/C10H14N2O5S/c1-2-3-7-11-8(17-12-7)5-18-6(10(15)16)4-9(13)14/h6H,2-5H2,1H3,(H,13,14)(H,15,16). The molecule has 0 aromatic carbocycles. The van der Waals surface area contributed by atoms with Crippen LogP contribution in [0, 0.1) is 0 Å². The number of aryl methyl sites for hydroxylation is 1. The molecule has 1 aromatic rings. The molecule has 1 unspecified atom stereocenters. The third-order valence-corrected chi connectivity index (χ3v) is 3.21. The van der Waals surface area contributed by atoms with Gasteiger partial charge in [-0.05, 0) is 6.42 Å². The summed E-state index contributed by atoms with van der Waals surface area (Å²) in [5.74, 6) is -1.21. The van der Waals surface area contributed by atoms with Crippen molar-refractivity contribution in [2.75, 3.05) is 0 Å². The molecular weight excluding hydrogens is 260 g/mol. The third kappa shape index (κ3) is 4.74. The molecule has 1 rings (SSSR count). The summed E-state index contributed by atoms with van der Waals surface area (Å²) in [4.78, 5) is 25.4. The van der Waals surface area contributed by atoms with Crippen molar-refractivity contribution in [3.63, 3.8) is 0 Å². The van der Waals surface area contributed by atoms with E-state index in [-0.39, 0.29) is 5.75 Å². The molecule has 0 saturated heterocycles. The molecule has 0 aliphatic heterocycles. The van der Waals surface area contributed by atoms with E-state index in [1.165, 1.54) is 0 Å². The van der Waals surface area contributed by atoms with Crippen molar-refractivity contribution in [2.24, 2.45) is 0 Å². The molecule has 2 N–H and O–H groups in total. The molecular formula is C10H14N2O5S. The summed E-state index contributed by atoms with van der Waals surface area (Å²) in [5, 5.41) is 20.1. The van der Waals surface area contributed by atoms with Crippen LogP contribution in [0.25, 0.3) is 0 Å². The van der Waals surface area contributed by atoms with Gasteiger partial charge in [0, 0.05) is 6.42 Å². The summed E-state index contributed by atoms with van der Waals surface area (Å²) in [6.45, 7) is 1.98. The van der Waals surface area contributed by atoms with Crippen LogP contribution in [0.5, 0.6) is 0 Å². The fraction of sp³-hybridized carbons (Fsp3) is 0.600. The van der Waals surface area contributed by atoms with Crippen LogP contribution in [-0.2, 0) is 21.8 Å². The highest BCUT2D eigenvalue weighted by Crippen LogP contribution is 2.20. The second-order valence-electron chi connectivity index (χ2n) is 3.59. The third-order valence-electron chi connectivity index (χ3n) is 2.03. The van der Waals surface area contributed by atoms with Gasteiger partial charge in [0.05, 0.1) is 12.2 Å². The van der Waals surface area contributed by atoms with Crippen LogP contribution in [0.2, 0.25) is 0 Å². The van der Waals surface area contributed by atoms with Gasteiger partial charge >= 0.3 is 11.9 Å². The van der Waals surface area contributed by atoms with Gasteiger partial charge in [0.15, 0.2) is 5.82 Å². The molecule has 0 spiro atoms. The summed E-state index contributed by atoms with van der Waals surface area (Å²) >= 11 is 0.966. The number of carboxylic acid groups (broad SMARTS) is 2. The minimum absolute atomic E-state index is 0.195. The van der Waals surface area contributed by atoms with Crippen LogP contribution in [0.4, 0.5) is 0 Å². The second-order valence-corrected chi connectivity index (χ2v) is 4.78. The van der Waals surface area contributed by atoms with Crippen LogP contribution < -0.4 is 0 Å². The molecule has 0 radical (unpaired) electrons. The Morgan fingerprint density at radius 3 is 2.72 bits per heavy atom. The zero-order chi connectivity index (χ0) is 13.5. The Morgan fingerprint density at radius 2 is 2.17 bits per heavy atom. The molecule has 0 aliphatic rings. The molecule has 1 heterocycles. The van der Waals surface area contributed by atoms with E-state index in [1.54, 1.807) is 0 Å². The fourth-order valence-electron chi connectivity index (χ4n) is 1.22. The highest BCUT2D eigenvalue weighted by Gasteiger charge is 2.22. The molecule has 8 heteroatoms. The number of thioether (sulfide) groups is 1. The van der Waals surface area contributed by atoms with E-state index < -0.39 is 23.6 Å². The number of rotatable bonds is 8. The van der Waals surface area contributed by atoms with Crippen molar-refractivity contribution in [1.29, 1.82) is 0 Å². The number of hydrogen-bond acceptors (Lipinski definition) is 6. The fourth-order valence-corrected chi connectivity index (χ4v) is 2.09. The average Bonchev–Trinajstić information content (AvgIpc) is 2.72. The number of nitrogens with zero attached hydrogens (tertiary/aromatic N) is 2. The highest BCUT2D eigenvalue weighted by molar-refractivity contribution is 7.99. The first-order chi connectivity index (χ1) is 8.52. The number of carbonyl (C=O) groups is 2. The molecule has 7 nitrogen and oxygen atoms in total. The molecule has 1 atom stereocenters. The van der Waals surface area contributed by atoms with Gasteiger partial charge < -0.3 is 14.7 Å². The van der Waals surface area contributed by atoms with Crippen LogP contribution in [0.1, 0.15) is 31.5 Å². The van der Waals surface area contributed by atoms with E-state index in [1.807, 2.05) is 6.92 Å². The monoisotopic (exact) mass is 274 g/mol. The summed E-state index contributed by atoms with van der Waals surface area (Å²) in [6.07, 6.45) is 1.16. The van der Waals surface area contributed by atoms with Gasteiger partial charge in [-0.1, -0.05) is 12.1 Å². The quantitative estimate of drug-likeness (QED) is 0.726. The maximum Gasteiger partial charge on any atom is 0.317 e. The first-order valence-corrected chi connectivity index (χ1v) is 6.45. The maximum absolute atomic E-state index is 10.8. The largest absolute Gasteiger partial charge is 0.481 e. The Kier molecular flexibility index (Phi) is 5.63. The minimum atomic E-state index is -1.16. The van der Waals surface area contributed by atoms with E-state index in [9.17, 15) is 9.59 Å². The van der Waals surface area contributed by atoms with E-state index in [2.05, 4.69) is 10.1 Å². The van der Waals surface area contributed by atoms with Gasteiger partial charge in [0.1, 0.15) is 5.25 Å². The second kappa shape index (κ2) is 7.00. The van der Waals surface area contributed by atoms with Gasteiger partial charge in [-0.3, -0.25) is 9.59 Å². The van der Waals surface area contributed by atoms with Gasteiger partial charge in [-0.25, -0.2) is 0 Å². The Balaban J connectivity index is 2.50. The Hall–Kier alpha value is -1.57. The van der Waals surface area contributed by atoms with Crippen LogP contribution in [-0.4, -0.2) is 37.5 Å². The summed E-state index contributed by atoms with van der Waals surface area (Å²) in [6, 6.07) is 0. The van der Waals surface area contributed by atoms with Crippen LogP contribution in [0.15, 0.2) is 4.52 Å². The summed E-state index contributed by atoms with van der Waals surface area (Å²) in [5.41, 5.74) is 0. The lowest BCUT2D eigenvalue weighted by atomic mass is 10.3. The number of aromatic nitrogens is 2. The molecule has 0 bridgehead atoms. The predicted molar refractivity (Wildman–Crippen MR) is 63.3 cm³/mol. The summed E-state index contributed by atoms with van der Waals surface area (Å²) in [7, 11) is 0. The van der Waals surface area contributed by atoms with Gasteiger partial charge in [-0.2, -0.15) is 4.98 Å². The predicted octanol–water partition coefficient (Wildman–Crippen LogP) is 1.18. The normalized spacial score (nSPS) is 12.3. The van der Waals surface area contributed by atoms with E-state index in [4.69, 9.17) is 14.7 Å². The SMILES string of the molecule is CCCc1noc(CSC(CC(=O)O)C(=O)O)n1. The molecule has 0 amide bonds. The first-order valence-electron chi connectivity index (χ1n) is 5.40. The zero-order valence-electron chi connectivity index (χ0n) is 9.83. The molecule has 0 fully saturated rings. The average molecular weight is 274 g/mol. The van der Waals surface area contributed by atoms with Crippen molar-refractivity contribution < 1.29 is 24.3 Å². The van der Waals surface area contributed by atoms with Crippen LogP contribution >= 0.6 is 11.8 Å². The maximum atomic E-state index is 10.8. The molecule has 18 heavy (non-hydrogen) atoms. The Bertz CT molecular complexity index is 420. The van der Waals surface area contributed by atoms with E-state index >= 15 is 0 Å². The lowest BCUT2D eigenvalue weighted by molar-refractivity contribution is -0.142. The van der Waals surface area contributed by atoms with Crippen molar-refractivity contribution in [3.8, 4) is 0 Å². The molecule has 0 saturated carbocycles. The van der Waals surface area contributed by atoms with Crippen molar-refractivity contribution in [1.82, 2.24) is 10.1 Å². The first kappa shape index (κ1) is 14.5. The molecule has 1 aromatic heterocycles. The molecule has 100 valence electrons. The molecule has 0 aliphatic carbocycles. The number of aliphatic carboxylic acids is 2. The summed E-state index contributed by atoms with van der Waals surface area (Å²) < 4.78 is 4.93. The zero-order valence-corrected chi connectivity index (χ0v) is 10.6. The number of carboxylic acids is 2. The highest BCUT2D eigenvalue weighted by atomic mass is 32.2. The van der Waals surface area contributed by atoms with E-state index in [0.29, 0.717) is 18.1 Å². The van der Waals surface area contributed by atoms with Gasteiger partial charge in [0.2, 0.25) is 5.89 Å². The van der Waals surface area contributed by atoms with Gasteiger partial charge in [-0.15, -0.1) is 11.8 Å². The lowest BCUT2D eigenvalue weighted by Crippen LogP contribution is -2.20. The smallest absolute Gasteiger partial charge is 0.317 e. The van der Waals surface area contributed by atoms with Crippen molar-refractivity contribution in [2.45, 2.75) is 37.2 Å². The lowest BCUT2D eigenvalue weighted by Gasteiger charge is -2.06. The topological polar surface area (TPSA) is 114 Å². The van der Waals surface area contributed by atoms with Gasteiger partial charge in [0.25, 0.3) is 0 Å².